The number of carbonyl (C=O) groups excluding carboxylic acids is 2. The fourth-order valence-electron chi connectivity index (χ4n) is 2.32. The van der Waals surface area contributed by atoms with Crippen molar-refractivity contribution in [2.45, 2.75) is 25.4 Å². The number of nitrogens with zero attached hydrogens (tertiary/aromatic N) is 1. The SMILES string of the molecule is O=CNC1CCCN(Cc2ccccc2)CC1=O. The Kier molecular flexibility index (Phi) is 4.47. The topological polar surface area (TPSA) is 49.4 Å². The number of hydrogen-bond acceptors (Lipinski definition) is 3. The van der Waals surface area contributed by atoms with Gasteiger partial charge in [-0.15, -0.1) is 0 Å². The Hall–Kier alpha value is -1.68. The first-order valence-electron chi connectivity index (χ1n) is 6.28. The number of Topliss-reactive ketones (excluding diaryl/α,β-unsaturated/α-hetero) is 1. The molecule has 0 radical (unpaired) electrons. The number of nitrogens with one attached hydrogen (secondary N) is 1. The van der Waals surface area contributed by atoms with Crippen molar-refractivity contribution >= 4 is 12.2 Å². The molecule has 0 aliphatic carbocycles. The molecule has 1 amide bonds. The van der Waals surface area contributed by atoms with Crippen LogP contribution in [0.2, 0.25) is 0 Å². The molecule has 1 N–H and O–H groups in total. The molecule has 96 valence electrons. The van der Waals surface area contributed by atoms with E-state index in [1.54, 1.807) is 0 Å². The average Bonchev–Trinajstić information content (AvgIpc) is 2.54. The maximum Gasteiger partial charge on any atom is 0.207 e. The summed E-state index contributed by atoms with van der Waals surface area (Å²) in [4.78, 5) is 24.5. The molecule has 0 saturated carbocycles. The lowest BCUT2D eigenvalue weighted by Crippen LogP contribution is -2.39. The first kappa shape index (κ1) is 12.8. The van der Waals surface area contributed by atoms with Crippen molar-refractivity contribution in [2.24, 2.45) is 0 Å². The fraction of sp³-hybridized carbons (Fsp3) is 0.429. The van der Waals surface area contributed by atoms with Gasteiger partial charge in [0.15, 0.2) is 5.78 Å². The second-order valence-corrected chi connectivity index (χ2v) is 4.64. The lowest BCUT2D eigenvalue weighted by atomic mass is 10.1. The predicted molar refractivity (Wildman–Crippen MR) is 68.9 cm³/mol. The molecule has 1 fully saturated rings. The second-order valence-electron chi connectivity index (χ2n) is 4.64. The molecule has 1 aliphatic rings. The van der Waals surface area contributed by atoms with Gasteiger partial charge < -0.3 is 5.32 Å². The molecular formula is C14H18N2O2. The molecule has 1 heterocycles. The van der Waals surface area contributed by atoms with Gasteiger partial charge in [-0.1, -0.05) is 30.3 Å². The Morgan fingerprint density at radius 3 is 2.83 bits per heavy atom. The monoisotopic (exact) mass is 246 g/mol. The maximum absolute atomic E-state index is 11.9. The van der Waals surface area contributed by atoms with Crippen LogP contribution in [0.25, 0.3) is 0 Å². The van der Waals surface area contributed by atoms with Gasteiger partial charge in [-0.05, 0) is 24.9 Å². The minimum atomic E-state index is -0.303. The van der Waals surface area contributed by atoms with Crippen molar-refractivity contribution in [2.75, 3.05) is 13.1 Å². The summed E-state index contributed by atoms with van der Waals surface area (Å²) in [6, 6.07) is 9.83. The summed E-state index contributed by atoms with van der Waals surface area (Å²) in [5.74, 6) is 0.107. The van der Waals surface area contributed by atoms with Gasteiger partial charge in [0.25, 0.3) is 0 Å². The van der Waals surface area contributed by atoms with Crippen LogP contribution in [0.5, 0.6) is 0 Å². The van der Waals surface area contributed by atoms with Gasteiger partial charge in [-0.2, -0.15) is 0 Å². The number of likely N-dealkylation sites (tertiary alicyclic amines) is 1. The molecule has 1 unspecified atom stereocenters. The van der Waals surface area contributed by atoms with Crippen LogP contribution >= 0.6 is 0 Å². The van der Waals surface area contributed by atoms with Crippen molar-refractivity contribution in [3.05, 3.63) is 35.9 Å². The zero-order valence-corrected chi connectivity index (χ0v) is 10.3. The molecule has 1 atom stereocenters. The third kappa shape index (κ3) is 3.40. The van der Waals surface area contributed by atoms with Crippen molar-refractivity contribution in [3.63, 3.8) is 0 Å². The number of ketones is 1. The minimum absolute atomic E-state index is 0.107. The molecule has 0 bridgehead atoms. The largest absolute Gasteiger partial charge is 0.349 e. The second kappa shape index (κ2) is 6.31. The van der Waals surface area contributed by atoms with E-state index < -0.39 is 0 Å². The van der Waals surface area contributed by atoms with Crippen LogP contribution < -0.4 is 5.32 Å². The first-order chi connectivity index (χ1) is 8.79. The Morgan fingerprint density at radius 2 is 2.11 bits per heavy atom. The summed E-state index contributed by atoms with van der Waals surface area (Å²) in [5.41, 5.74) is 1.21. The molecule has 4 heteroatoms. The van der Waals surface area contributed by atoms with Gasteiger partial charge in [-0.3, -0.25) is 14.5 Å². The Labute approximate surface area is 107 Å². The van der Waals surface area contributed by atoms with E-state index in [0.29, 0.717) is 13.0 Å². The van der Waals surface area contributed by atoms with E-state index in [4.69, 9.17) is 0 Å². The third-order valence-corrected chi connectivity index (χ3v) is 3.25. The number of hydrogen-bond donors (Lipinski definition) is 1. The van der Waals surface area contributed by atoms with Gasteiger partial charge >= 0.3 is 0 Å². The Balaban J connectivity index is 1.95. The van der Waals surface area contributed by atoms with Crippen LogP contribution in [0.15, 0.2) is 30.3 Å². The van der Waals surface area contributed by atoms with Crippen LogP contribution in [0, 0.1) is 0 Å². The molecule has 1 aliphatic heterocycles. The van der Waals surface area contributed by atoms with Gasteiger partial charge in [0.2, 0.25) is 6.41 Å². The molecule has 2 rings (SSSR count). The van der Waals surface area contributed by atoms with E-state index in [1.165, 1.54) is 5.56 Å². The summed E-state index contributed by atoms with van der Waals surface area (Å²) in [7, 11) is 0. The molecule has 1 saturated heterocycles. The van der Waals surface area contributed by atoms with Crippen molar-refractivity contribution < 1.29 is 9.59 Å². The van der Waals surface area contributed by atoms with Gasteiger partial charge in [-0.25, -0.2) is 0 Å². The van der Waals surface area contributed by atoms with E-state index in [2.05, 4.69) is 22.3 Å². The molecule has 18 heavy (non-hydrogen) atoms. The lowest BCUT2D eigenvalue weighted by Gasteiger charge is -2.19. The number of carbonyl (C=O) groups is 2. The van der Waals surface area contributed by atoms with Crippen LogP contribution in [0.4, 0.5) is 0 Å². The minimum Gasteiger partial charge on any atom is -0.349 e. The van der Waals surface area contributed by atoms with Gasteiger partial charge in [0.1, 0.15) is 0 Å². The molecule has 4 nitrogen and oxygen atoms in total. The molecule has 0 spiro atoms. The summed E-state index contributed by atoms with van der Waals surface area (Å²) >= 11 is 0. The molecular weight excluding hydrogens is 228 g/mol. The van der Waals surface area contributed by atoms with Crippen LogP contribution in [-0.2, 0) is 16.1 Å². The van der Waals surface area contributed by atoms with Gasteiger partial charge in [0, 0.05) is 6.54 Å². The van der Waals surface area contributed by atoms with Crippen LogP contribution in [0.1, 0.15) is 18.4 Å². The van der Waals surface area contributed by atoms with Crippen LogP contribution in [0.3, 0.4) is 0 Å². The van der Waals surface area contributed by atoms with Gasteiger partial charge in [0.05, 0.1) is 12.6 Å². The third-order valence-electron chi connectivity index (χ3n) is 3.25. The van der Waals surface area contributed by atoms with E-state index in [-0.39, 0.29) is 11.8 Å². The van der Waals surface area contributed by atoms with E-state index in [0.717, 1.165) is 25.9 Å². The standard InChI is InChI=1S/C14H18N2O2/c17-11-15-13-7-4-8-16(10-14(13)18)9-12-5-2-1-3-6-12/h1-3,5-6,11,13H,4,7-10H2,(H,15,17). The maximum atomic E-state index is 11.9. The van der Waals surface area contributed by atoms with E-state index in [9.17, 15) is 9.59 Å². The average molecular weight is 246 g/mol. The highest BCUT2D eigenvalue weighted by Crippen LogP contribution is 2.11. The highest BCUT2D eigenvalue weighted by Gasteiger charge is 2.23. The predicted octanol–water partition coefficient (Wildman–Crippen LogP) is 0.966. The summed E-state index contributed by atoms with van der Waals surface area (Å²) < 4.78 is 0. The van der Waals surface area contributed by atoms with Crippen molar-refractivity contribution in [1.82, 2.24) is 10.2 Å². The van der Waals surface area contributed by atoms with E-state index >= 15 is 0 Å². The Bertz CT molecular complexity index is 406. The number of benzene rings is 1. The molecule has 1 aromatic rings. The van der Waals surface area contributed by atoms with Crippen LogP contribution in [-0.4, -0.2) is 36.2 Å². The van der Waals surface area contributed by atoms with E-state index in [1.807, 2.05) is 18.2 Å². The first-order valence-corrected chi connectivity index (χ1v) is 6.28. The normalized spacial score (nSPS) is 21.3. The summed E-state index contributed by atoms with van der Waals surface area (Å²) in [6.07, 6.45) is 2.29. The smallest absolute Gasteiger partial charge is 0.207 e. The summed E-state index contributed by atoms with van der Waals surface area (Å²) in [6.45, 7) is 2.11. The molecule has 1 aromatic carbocycles. The Morgan fingerprint density at radius 1 is 1.33 bits per heavy atom. The lowest BCUT2D eigenvalue weighted by molar-refractivity contribution is -0.124. The van der Waals surface area contributed by atoms with Crippen molar-refractivity contribution in [1.29, 1.82) is 0 Å². The fourth-order valence-corrected chi connectivity index (χ4v) is 2.32. The zero-order valence-electron chi connectivity index (χ0n) is 10.3. The highest BCUT2D eigenvalue weighted by atomic mass is 16.1. The zero-order chi connectivity index (χ0) is 12.8. The quantitative estimate of drug-likeness (QED) is 0.805. The number of amides is 1. The number of rotatable bonds is 4. The highest BCUT2D eigenvalue weighted by molar-refractivity contribution is 5.87. The van der Waals surface area contributed by atoms with Crippen molar-refractivity contribution in [3.8, 4) is 0 Å². The molecule has 0 aromatic heterocycles. The summed E-state index contributed by atoms with van der Waals surface area (Å²) in [5, 5.41) is 2.60.